The Balaban J connectivity index is 2.29. The standard InChI is InChI=1S/C14H21F3O3Si/c1-3-18-14(19-4-2)20-21-7-5-6-10-8-12(16)13(17)9-11(10)15/h8-9,14H,3-7,21H2,1-2H3. The van der Waals surface area contributed by atoms with Gasteiger partial charge in [0, 0.05) is 19.3 Å². The van der Waals surface area contributed by atoms with Gasteiger partial charge < -0.3 is 13.9 Å². The van der Waals surface area contributed by atoms with Crippen LogP contribution in [-0.4, -0.2) is 29.5 Å². The Morgan fingerprint density at radius 3 is 2.24 bits per heavy atom. The van der Waals surface area contributed by atoms with Crippen LogP contribution in [0, 0.1) is 17.5 Å². The summed E-state index contributed by atoms with van der Waals surface area (Å²) in [5.74, 6) is -2.89. The first-order valence-corrected chi connectivity index (χ1v) is 8.64. The Morgan fingerprint density at radius 2 is 1.62 bits per heavy atom. The van der Waals surface area contributed by atoms with Gasteiger partial charge in [-0.05, 0) is 44.4 Å². The molecular formula is C14H21F3O3Si. The molecule has 0 heterocycles. The zero-order valence-corrected chi connectivity index (χ0v) is 13.7. The van der Waals surface area contributed by atoms with Gasteiger partial charge in [-0.15, -0.1) is 0 Å². The average Bonchev–Trinajstić information content (AvgIpc) is 2.44. The molecule has 0 atom stereocenters. The van der Waals surface area contributed by atoms with Crippen LogP contribution in [0.4, 0.5) is 13.2 Å². The monoisotopic (exact) mass is 322 g/mol. The van der Waals surface area contributed by atoms with E-state index in [0.29, 0.717) is 32.1 Å². The molecule has 0 unspecified atom stereocenters. The average molecular weight is 322 g/mol. The molecule has 0 saturated heterocycles. The van der Waals surface area contributed by atoms with Crippen LogP contribution in [0.1, 0.15) is 25.8 Å². The van der Waals surface area contributed by atoms with Crippen molar-refractivity contribution in [2.24, 2.45) is 0 Å². The van der Waals surface area contributed by atoms with Crippen molar-refractivity contribution in [1.29, 1.82) is 0 Å². The van der Waals surface area contributed by atoms with Crippen molar-refractivity contribution in [3.63, 3.8) is 0 Å². The molecule has 0 N–H and O–H groups in total. The van der Waals surface area contributed by atoms with Gasteiger partial charge in [0.2, 0.25) is 0 Å². The summed E-state index contributed by atoms with van der Waals surface area (Å²) in [7, 11) is -0.863. The van der Waals surface area contributed by atoms with Gasteiger partial charge in [0.15, 0.2) is 21.4 Å². The highest BCUT2D eigenvalue weighted by atomic mass is 28.2. The predicted octanol–water partition coefficient (Wildman–Crippen LogP) is 2.91. The van der Waals surface area contributed by atoms with E-state index in [0.717, 1.165) is 12.1 Å². The molecule has 0 saturated carbocycles. The third-order valence-corrected chi connectivity index (χ3v) is 4.09. The number of hydrogen-bond donors (Lipinski definition) is 0. The second-order valence-corrected chi connectivity index (χ2v) is 5.83. The Labute approximate surface area is 125 Å². The lowest BCUT2D eigenvalue weighted by Gasteiger charge is -2.17. The summed E-state index contributed by atoms with van der Waals surface area (Å²) in [5, 5.41) is 0. The lowest BCUT2D eigenvalue weighted by molar-refractivity contribution is -0.243. The topological polar surface area (TPSA) is 27.7 Å². The van der Waals surface area contributed by atoms with Gasteiger partial charge in [-0.1, -0.05) is 0 Å². The van der Waals surface area contributed by atoms with Crippen LogP contribution in [0.3, 0.4) is 0 Å². The van der Waals surface area contributed by atoms with Crippen molar-refractivity contribution in [1.82, 2.24) is 0 Å². The van der Waals surface area contributed by atoms with Gasteiger partial charge in [0.1, 0.15) is 5.82 Å². The van der Waals surface area contributed by atoms with Gasteiger partial charge >= 0.3 is 0 Å². The number of halogens is 3. The fourth-order valence-corrected chi connectivity index (χ4v) is 2.77. The first kappa shape index (κ1) is 18.2. The van der Waals surface area contributed by atoms with Crippen molar-refractivity contribution in [2.75, 3.05) is 13.2 Å². The SMILES string of the molecule is CCOC(OCC)O[SiH2]CCCc1cc(F)c(F)cc1F. The Hall–Kier alpha value is -0.893. The summed E-state index contributed by atoms with van der Waals surface area (Å²) in [6.45, 7) is 4.07. The lowest BCUT2D eigenvalue weighted by Crippen LogP contribution is -2.23. The highest BCUT2D eigenvalue weighted by molar-refractivity contribution is 6.27. The fourth-order valence-electron chi connectivity index (χ4n) is 1.77. The summed E-state index contributed by atoms with van der Waals surface area (Å²) in [6.07, 6.45) is 1.01. The fraction of sp³-hybridized carbons (Fsp3) is 0.571. The summed E-state index contributed by atoms with van der Waals surface area (Å²) in [6, 6.07) is 2.27. The molecule has 0 aliphatic heterocycles. The van der Waals surface area contributed by atoms with E-state index < -0.39 is 33.7 Å². The molecule has 21 heavy (non-hydrogen) atoms. The summed E-state index contributed by atoms with van der Waals surface area (Å²) < 4.78 is 55.2. The van der Waals surface area contributed by atoms with E-state index in [4.69, 9.17) is 13.9 Å². The third-order valence-electron chi connectivity index (χ3n) is 2.79. The van der Waals surface area contributed by atoms with E-state index >= 15 is 0 Å². The van der Waals surface area contributed by atoms with Crippen molar-refractivity contribution >= 4 is 9.76 Å². The minimum absolute atomic E-state index is 0.189. The zero-order valence-electron chi connectivity index (χ0n) is 12.3. The molecule has 3 nitrogen and oxygen atoms in total. The molecule has 0 bridgehead atoms. The number of ether oxygens (including phenoxy) is 2. The largest absolute Gasteiger partial charge is 0.379 e. The molecule has 1 rings (SSSR count). The van der Waals surface area contributed by atoms with E-state index in [1.165, 1.54) is 0 Å². The highest BCUT2D eigenvalue weighted by Gasteiger charge is 2.10. The molecule has 0 aliphatic rings. The zero-order chi connectivity index (χ0) is 15.7. The van der Waals surface area contributed by atoms with Crippen molar-refractivity contribution in [3.8, 4) is 0 Å². The third kappa shape index (κ3) is 6.60. The molecule has 0 aliphatic carbocycles. The van der Waals surface area contributed by atoms with Crippen LogP contribution in [0.25, 0.3) is 0 Å². The molecule has 1 aromatic rings. The minimum Gasteiger partial charge on any atom is -0.379 e. The van der Waals surface area contributed by atoms with Gasteiger partial charge in [-0.25, -0.2) is 13.2 Å². The first-order valence-electron chi connectivity index (χ1n) is 7.06. The van der Waals surface area contributed by atoms with Crippen molar-refractivity contribution in [3.05, 3.63) is 35.1 Å². The van der Waals surface area contributed by atoms with Gasteiger partial charge in [-0.2, -0.15) is 0 Å². The van der Waals surface area contributed by atoms with E-state index in [1.54, 1.807) is 0 Å². The Bertz CT molecular complexity index is 426. The molecule has 0 amide bonds. The minimum atomic E-state index is -1.16. The van der Waals surface area contributed by atoms with Crippen LogP contribution < -0.4 is 0 Å². The van der Waals surface area contributed by atoms with Gasteiger partial charge in [0.05, 0.1) is 0 Å². The van der Waals surface area contributed by atoms with Gasteiger partial charge in [0.25, 0.3) is 6.48 Å². The Morgan fingerprint density at radius 1 is 1.00 bits per heavy atom. The maximum absolute atomic E-state index is 13.4. The highest BCUT2D eigenvalue weighted by Crippen LogP contribution is 2.16. The molecule has 0 spiro atoms. The molecule has 120 valence electrons. The normalized spacial score (nSPS) is 11.9. The number of rotatable bonds is 10. The maximum Gasteiger partial charge on any atom is 0.261 e. The molecule has 0 fully saturated rings. The molecular weight excluding hydrogens is 301 g/mol. The van der Waals surface area contributed by atoms with Crippen LogP contribution in [0.15, 0.2) is 12.1 Å². The second-order valence-electron chi connectivity index (χ2n) is 4.38. The summed E-state index contributed by atoms with van der Waals surface area (Å²) >= 11 is 0. The van der Waals surface area contributed by atoms with E-state index in [2.05, 4.69) is 0 Å². The maximum atomic E-state index is 13.4. The number of hydrogen-bond acceptors (Lipinski definition) is 3. The first-order chi connectivity index (χ1) is 10.1. The smallest absolute Gasteiger partial charge is 0.261 e. The lowest BCUT2D eigenvalue weighted by atomic mass is 10.1. The van der Waals surface area contributed by atoms with Crippen molar-refractivity contribution < 1.29 is 27.1 Å². The van der Waals surface area contributed by atoms with Crippen molar-refractivity contribution in [2.45, 2.75) is 39.2 Å². The second kappa shape index (κ2) is 9.94. The van der Waals surface area contributed by atoms with Crippen LogP contribution in [0.5, 0.6) is 0 Å². The molecule has 7 heteroatoms. The van der Waals surface area contributed by atoms with E-state index in [1.807, 2.05) is 13.8 Å². The quantitative estimate of drug-likeness (QED) is 0.287. The summed E-state index contributed by atoms with van der Waals surface area (Å²) in [4.78, 5) is 0. The van der Waals surface area contributed by atoms with E-state index in [9.17, 15) is 13.2 Å². The Kier molecular flexibility index (Phi) is 8.59. The van der Waals surface area contributed by atoms with E-state index in [-0.39, 0.29) is 5.56 Å². The number of aryl methyl sites for hydroxylation is 1. The number of benzene rings is 1. The van der Waals surface area contributed by atoms with Gasteiger partial charge in [-0.3, -0.25) is 0 Å². The predicted molar refractivity (Wildman–Crippen MR) is 76.1 cm³/mol. The molecule has 0 aromatic heterocycles. The molecule has 1 aromatic carbocycles. The van der Waals surface area contributed by atoms with Crippen LogP contribution in [0.2, 0.25) is 6.04 Å². The molecule has 0 radical (unpaired) electrons. The van der Waals surface area contributed by atoms with Crippen LogP contribution >= 0.6 is 0 Å². The summed E-state index contributed by atoms with van der Waals surface area (Å²) in [5.41, 5.74) is 0.189. The van der Waals surface area contributed by atoms with Crippen LogP contribution in [-0.2, 0) is 20.3 Å².